The van der Waals surface area contributed by atoms with E-state index in [1.54, 1.807) is 30.5 Å². The zero-order valence-electron chi connectivity index (χ0n) is 19.0. The molecule has 4 aromatic rings. The highest BCUT2D eigenvalue weighted by atomic mass is 32.2. The van der Waals surface area contributed by atoms with Crippen LogP contribution in [-0.4, -0.2) is 59.0 Å². The number of fused-ring (bicyclic) bond motifs is 3. The van der Waals surface area contributed by atoms with Crippen LogP contribution < -0.4 is 15.0 Å². The van der Waals surface area contributed by atoms with Gasteiger partial charge in [0.15, 0.2) is 16.7 Å². The summed E-state index contributed by atoms with van der Waals surface area (Å²) in [6, 6.07) is 13.4. The van der Waals surface area contributed by atoms with Crippen molar-refractivity contribution in [2.45, 2.75) is 24.4 Å². The standard InChI is InChI=1S/C25H28N4O3S/c1-31-20-11-10-17(16-21(20)32-2)29-24(30)23-22(18-8-4-5-9-19(18)26-23)27-25(29)33-15-14-28-12-6-3-7-13-28/h4-5,8-11,16,26H,3,6-7,12-15H2,1-2H3. The van der Waals surface area contributed by atoms with Crippen LogP contribution in [0.25, 0.3) is 27.6 Å². The molecule has 2 aromatic carbocycles. The number of thioether (sulfide) groups is 1. The fourth-order valence-corrected chi connectivity index (χ4v) is 5.49. The number of nitrogens with one attached hydrogen (secondary N) is 1. The highest BCUT2D eigenvalue weighted by Gasteiger charge is 2.19. The van der Waals surface area contributed by atoms with Crippen LogP contribution in [0.5, 0.6) is 11.5 Å². The van der Waals surface area contributed by atoms with Crippen molar-refractivity contribution in [1.29, 1.82) is 0 Å². The van der Waals surface area contributed by atoms with Crippen LogP contribution in [0.1, 0.15) is 19.3 Å². The third kappa shape index (κ3) is 4.20. The minimum atomic E-state index is -0.121. The molecule has 33 heavy (non-hydrogen) atoms. The Morgan fingerprint density at radius 2 is 1.82 bits per heavy atom. The van der Waals surface area contributed by atoms with E-state index in [0.717, 1.165) is 36.3 Å². The van der Waals surface area contributed by atoms with Gasteiger partial charge in [-0.2, -0.15) is 0 Å². The molecular formula is C25H28N4O3S. The Labute approximate surface area is 196 Å². The summed E-state index contributed by atoms with van der Waals surface area (Å²) < 4.78 is 12.6. The van der Waals surface area contributed by atoms with Crippen LogP contribution in [0, 0.1) is 0 Å². The highest BCUT2D eigenvalue weighted by molar-refractivity contribution is 7.99. The molecular weight excluding hydrogens is 436 g/mol. The number of hydrogen-bond donors (Lipinski definition) is 1. The number of methoxy groups -OCH3 is 2. The Morgan fingerprint density at radius 3 is 2.61 bits per heavy atom. The number of benzene rings is 2. The molecule has 0 atom stereocenters. The van der Waals surface area contributed by atoms with E-state index in [1.807, 2.05) is 42.5 Å². The minimum Gasteiger partial charge on any atom is -0.493 e. The monoisotopic (exact) mass is 464 g/mol. The highest BCUT2D eigenvalue weighted by Crippen LogP contribution is 2.31. The summed E-state index contributed by atoms with van der Waals surface area (Å²) in [5.74, 6) is 2.06. The van der Waals surface area contributed by atoms with Crippen molar-refractivity contribution in [2.75, 3.05) is 39.6 Å². The predicted molar refractivity (Wildman–Crippen MR) is 133 cm³/mol. The van der Waals surface area contributed by atoms with Gasteiger partial charge < -0.3 is 19.4 Å². The molecule has 1 N–H and O–H groups in total. The fourth-order valence-electron chi connectivity index (χ4n) is 4.48. The van der Waals surface area contributed by atoms with Gasteiger partial charge in [0.05, 0.1) is 19.9 Å². The van der Waals surface area contributed by atoms with Gasteiger partial charge in [-0.05, 0) is 44.1 Å². The van der Waals surface area contributed by atoms with E-state index in [9.17, 15) is 4.79 Å². The second-order valence-corrected chi connectivity index (χ2v) is 9.28. The maximum absolute atomic E-state index is 13.7. The van der Waals surface area contributed by atoms with Gasteiger partial charge >= 0.3 is 0 Å². The van der Waals surface area contributed by atoms with Crippen LogP contribution in [0.15, 0.2) is 52.4 Å². The Kier molecular flexibility index (Phi) is 6.28. The van der Waals surface area contributed by atoms with Crippen LogP contribution in [0.4, 0.5) is 0 Å². The summed E-state index contributed by atoms with van der Waals surface area (Å²) in [6.45, 7) is 3.29. The van der Waals surface area contributed by atoms with Crippen molar-refractivity contribution in [3.05, 3.63) is 52.8 Å². The van der Waals surface area contributed by atoms with Gasteiger partial charge in [-0.3, -0.25) is 9.36 Å². The largest absolute Gasteiger partial charge is 0.493 e. The molecule has 3 heterocycles. The molecule has 7 nitrogen and oxygen atoms in total. The van der Waals surface area contributed by atoms with Gasteiger partial charge in [0.1, 0.15) is 11.0 Å². The molecule has 1 saturated heterocycles. The Bertz CT molecular complexity index is 1340. The van der Waals surface area contributed by atoms with Gasteiger partial charge in [-0.1, -0.05) is 36.4 Å². The van der Waals surface area contributed by atoms with Gasteiger partial charge in [0, 0.05) is 29.3 Å². The molecule has 0 unspecified atom stereocenters. The minimum absolute atomic E-state index is 0.121. The lowest BCUT2D eigenvalue weighted by Crippen LogP contribution is -2.31. The normalized spacial score (nSPS) is 14.7. The van der Waals surface area contributed by atoms with E-state index in [4.69, 9.17) is 14.5 Å². The first-order valence-corrected chi connectivity index (χ1v) is 12.3. The van der Waals surface area contributed by atoms with Gasteiger partial charge in [-0.25, -0.2) is 4.98 Å². The molecule has 0 radical (unpaired) electrons. The molecule has 1 aliphatic heterocycles. The van der Waals surface area contributed by atoms with Crippen molar-refractivity contribution in [3.8, 4) is 17.2 Å². The number of para-hydroxylation sites is 1. The van der Waals surface area contributed by atoms with E-state index >= 15 is 0 Å². The zero-order chi connectivity index (χ0) is 22.8. The maximum Gasteiger partial charge on any atom is 0.283 e. The van der Waals surface area contributed by atoms with E-state index in [2.05, 4.69) is 9.88 Å². The SMILES string of the molecule is COc1ccc(-n2c(SCCN3CCCCC3)nc3c([nH]c4ccccc43)c2=O)cc1OC. The number of piperidine rings is 1. The first-order chi connectivity index (χ1) is 16.2. The lowest BCUT2D eigenvalue weighted by Gasteiger charge is -2.26. The molecule has 0 spiro atoms. The molecule has 172 valence electrons. The topological polar surface area (TPSA) is 72.4 Å². The number of aromatic amines is 1. The van der Waals surface area contributed by atoms with E-state index in [-0.39, 0.29) is 5.56 Å². The Hall–Kier alpha value is -2.97. The number of ether oxygens (including phenoxy) is 2. The molecule has 8 heteroatoms. The average Bonchev–Trinajstić information content (AvgIpc) is 3.23. The molecule has 5 rings (SSSR count). The lowest BCUT2D eigenvalue weighted by atomic mass is 10.1. The summed E-state index contributed by atoms with van der Waals surface area (Å²) in [4.78, 5) is 24.5. The van der Waals surface area contributed by atoms with Crippen LogP contribution in [0.2, 0.25) is 0 Å². The van der Waals surface area contributed by atoms with Gasteiger partial charge in [0.2, 0.25) is 0 Å². The molecule has 2 aromatic heterocycles. The molecule has 1 aliphatic rings. The third-order valence-electron chi connectivity index (χ3n) is 6.21. The molecule has 0 amide bonds. The maximum atomic E-state index is 13.7. The van der Waals surface area contributed by atoms with Crippen LogP contribution in [0.3, 0.4) is 0 Å². The molecule has 0 saturated carbocycles. The second kappa shape index (κ2) is 9.49. The zero-order valence-corrected chi connectivity index (χ0v) is 19.8. The summed E-state index contributed by atoms with van der Waals surface area (Å²) in [5, 5.41) is 1.64. The number of hydrogen-bond acceptors (Lipinski definition) is 6. The number of rotatable bonds is 7. The molecule has 0 aliphatic carbocycles. The number of likely N-dealkylation sites (tertiary alicyclic amines) is 1. The second-order valence-electron chi connectivity index (χ2n) is 8.22. The molecule has 1 fully saturated rings. The Morgan fingerprint density at radius 1 is 1.03 bits per heavy atom. The first kappa shape index (κ1) is 21.9. The van der Waals surface area contributed by atoms with E-state index in [1.165, 1.54) is 19.3 Å². The van der Waals surface area contributed by atoms with E-state index < -0.39 is 0 Å². The van der Waals surface area contributed by atoms with E-state index in [0.29, 0.717) is 33.4 Å². The van der Waals surface area contributed by atoms with Crippen LogP contribution >= 0.6 is 11.8 Å². The third-order valence-corrected chi connectivity index (χ3v) is 7.13. The molecule has 0 bridgehead atoms. The number of aromatic nitrogens is 3. The predicted octanol–water partition coefficient (Wildman–Crippen LogP) is 4.46. The van der Waals surface area contributed by atoms with Crippen molar-refractivity contribution >= 4 is 33.7 Å². The van der Waals surface area contributed by atoms with Crippen molar-refractivity contribution in [2.24, 2.45) is 0 Å². The summed E-state index contributed by atoms with van der Waals surface area (Å²) >= 11 is 1.62. The van der Waals surface area contributed by atoms with Crippen LogP contribution in [-0.2, 0) is 0 Å². The van der Waals surface area contributed by atoms with Crippen molar-refractivity contribution < 1.29 is 9.47 Å². The average molecular weight is 465 g/mol. The summed E-state index contributed by atoms with van der Waals surface area (Å²) in [7, 11) is 3.20. The smallest absolute Gasteiger partial charge is 0.283 e. The summed E-state index contributed by atoms with van der Waals surface area (Å²) in [6.07, 6.45) is 3.85. The number of nitrogens with zero attached hydrogens (tertiary/aromatic N) is 3. The summed E-state index contributed by atoms with van der Waals surface area (Å²) in [5.41, 5.74) is 2.71. The lowest BCUT2D eigenvalue weighted by molar-refractivity contribution is 0.242. The number of H-pyrrole nitrogens is 1. The van der Waals surface area contributed by atoms with Gasteiger partial charge in [0.25, 0.3) is 5.56 Å². The van der Waals surface area contributed by atoms with Crippen molar-refractivity contribution in [1.82, 2.24) is 19.4 Å². The van der Waals surface area contributed by atoms with Gasteiger partial charge in [-0.15, -0.1) is 0 Å². The fraction of sp³-hybridized carbons (Fsp3) is 0.360. The quantitative estimate of drug-likeness (QED) is 0.322. The Balaban J connectivity index is 1.60. The first-order valence-electron chi connectivity index (χ1n) is 11.3. The van der Waals surface area contributed by atoms with Crippen molar-refractivity contribution in [3.63, 3.8) is 0 Å².